The molecule has 0 spiro atoms. The van der Waals surface area contributed by atoms with E-state index in [0.717, 1.165) is 41.7 Å². The normalized spacial score (nSPS) is 15.3. The third kappa shape index (κ3) is 3.02. The molecule has 3 rings (SSSR count). The maximum absolute atomic E-state index is 12.5. The first-order valence-corrected chi connectivity index (χ1v) is 8.77. The molecular weight excluding hydrogens is 308 g/mol. The molecule has 0 saturated carbocycles. The fourth-order valence-corrected chi connectivity index (χ4v) is 3.62. The van der Waals surface area contributed by atoms with Crippen molar-refractivity contribution in [1.82, 2.24) is 9.88 Å². The smallest absolute Gasteiger partial charge is 0.225 e. The first-order chi connectivity index (χ1) is 11.2. The lowest BCUT2D eigenvalue weighted by atomic mass is 9.96. The van der Waals surface area contributed by atoms with Crippen LogP contribution < -0.4 is 0 Å². The Morgan fingerprint density at radius 2 is 2.13 bits per heavy atom. The van der Waals surface area contributed by atoms with Gasteiger partial charge in [-0.1, -0.05) is 43.7 Å². The Morgan fingerprint density at radius 3 is 2.78 bits per heavy atom. The van der Waals surface area contributed by atoms with Crippen LogP contribution in [0.2, 0.25) is 5.02 Å². The highest BCUT2D eigenvalue weighted by Crippen LogP contribution is 2.32. The van der Waals surface area contributed by atoms with Crippen LogP contribution in [0.1, 0.15) is 38.7 Å². The van der Waals surface area contributed by atoms with E-state index in [9.17, 15) is 4.79 Å². The third-order valence-electron chi connectivity index (χ3n) is 4.87. The number of hydrogen-bond donors (Lipinski definition) is 1. The van der Waals surface area contributed by atoms with Gasteiger partial charge in [0.15, 0.2) is 0 Å². The van der Waals surface area contributed by atoms with Crippen molar-refractivity contribution >= 4 is 34.0 Å². The second-order valence-corrected chi connectivity index (χ2v) is 6.55. The minimum atomic E-state index is 0.164. The summed E-state index contributed by atoms with van der Waals surface area (Å²) in [5.41, 5.74) is 3.49. The maximum atomic E-state index is 12.5. The van der Waals surface area contributed by atoms with Crippen LogP contribution in [0.15, 0.2) is 30.5 Å². The Bertz CT molecular complexity index is 743. The van der Waals surface area contributed by atoms with E-state index < -0.39 is 0 Å². The molecule has 0 unspecified atom stereocenters. The van der Waals surface area contributed by atoms with Crippen molar-refractivity contribution in [2.24, 2.45) is 5.92 Å². The zero-order valence-corrected chi connectivity index (χ0v) is 14.5. The van der Waals surface area contributed by atoms with Gasteiger partial charge in [0.1, 0.15) is 0 Å². The molecule has 0 bridgehead atoms. The zero-order chi connectivity index (χ0) is 16.4. The van der Waals surface area contributed by atoms with E-state index in [1.807, 2.05) is 23.2 Å². The van der Waals surface area contributed by atoms with Gasteiger partial charge in [-0.15, -0.1) is 0 Å². The molecule has 0 saturated heterocycles. The van der Waals surface area contributed by atoms with Crippen molar-refractivity contribution in [1.29, 1.82) is 0 Å². The lowest BCUT2D eigenvalue weighted by Crippen LogP contribution is -2.38. The summed E-state index contributed by atoms with van der Waals surface area (Å²) >= 11 is 6.24. The summed E-state index contributed by atoms with van der Waals surface area (Å²) in [6, 6.07) is 5.97. The summed E-state index contributed by atoms with van der Waals surface area (Å²) in [6.45, 7) is 5.69. The molecule has 23 heavy (non-hydrogen) atoms. The number of para-hydroxylation sites is 1. The molecule has 1 aromatic heterocycles. The lowest BCUT2D eigenvalue weighted by Gasteiger charge is -2.29. The van der Waals surface area contributed by atoms with Crippen molar-refractivity contribution in [3.8, 4) is 0 Å². The van der Waals surface area contributed by atoms with Crippen LogP contribution in [0.3, 0.4) is 0 Å². The Labute approximate surface area is 142 Å². The summed E-state index contributed by atoms with van der Waals surface area (Å²) in [6.07, 6.45) is 6.95. The highest BCUT2D eigenvalue weighted by molar-refractivity contribution is 6.35. The summed E-state index contributed by atoms with van der Waals surface area (Å²) in [7, 11) is 0. The number of hydrogen-bond acceptors (Lipinski definition) is 1. The van der Waals surface area contributed by atoms with Crippen molar-refractivity contribution in [2.45, 2.75) is 33.1 Å². The quantitative estimate of drug-likeness (QED) is 0.852. The Morgan fingerprint density at radius 1 is 1.35 bits per heavy atom. The lowest BCUT2D eigenvalue weighted by molar-refractivity contribution is -0.135. The van der Waals surface area contributed by atoms with Gasteiger partial charge in [-0.25, -0.2) is 0 Å². The Balaban J connectivity index is 1.81. The van der Waals surface area contributed by atoms with E-state index >= 15 is 0 Å². The molecule has 122 valence electrons. The number of nitrogens with zero attached hydrogens (tertiary/aromatic N) is 1. The average Bonchev–Trinajstić information content (AvgIpc) is 3.01. The number of carbonyl (C=O) groups is 1. The number of nitrogens with one attached hydrogen (secondary N) is 1. The molecule has 1 aliphatic rings. The molecule has 0 aliphatic carbocycles. The molecule has 1 N–H and O–H groups in total. The number of rotatable bonds is 4. The van der Waals surface area contributed by atoms with Gasteiger partial charge >= 0.3 is 0 Å². The number of amides is 1. The molecule has 2 heterocycles. The standard InChI is InChI=1S/C19H23ClN2O/c1-3-13(4-2)19(23)22-10-8-14(9-11-22)16-12-21-18-15(16)6-5-7-17(18)20/h5-8,12-13,21H,3-4,9-11H2,1-2H3. The Kier molecular flexibility index (Phi) is 4.76. The highest BCUT2D eigenvalue weighted by atomic mass is 35.5. The van der Waals surface area contributed by atoms with Gasteiger partial charge in [0.05, 0.1) is 10.5 Å². The number of fused-ring (bicyclic) bond motifs is 1. The number of aromatic amines is 1. The first-order valence-electron chi connectivity index (χ1n) is 8.39. The van der Waals surface area contributed by atoms with E-state index in [2.05, 4.69) is 31.0 Å². The van der Waals surface area contributed by atoms with Crippen LogP contribution in [-0.4, -0.2) is 28.9 Å². The summed E-state index contributed by atoms with van der Waals surface area (Å²) in [5.74, 6) is 0.462. The summed E-state index contributed by atoms with van der Waals surface area (Å²) in [5, 5.41) is 1.90. The second kappa shape index (κ2) is 6.79. The van der Waals surface area contributed by atoms with Crippen molar-refractivity contribution in [3.63, 3.8) is 0 Å². The number of carbonyl (C=O) groups excluding carboxylic acids is 1. The first kappa shape index (κ1) is 16.1. The molecule has 0 atom stereocenters. The highest BCUT2D eigenvalue weighted by Gasteiger charge is 2.24. The summed E-state index contributed by atoms with van der Waals surface area (Å²) < 4.78 is 0. The van der Waals surface area contributed by atoms with Gasteiger partial charge in [0.2, 0.25) is 5.91 Å². The average molecular weight is 331 g/mol. The monoisotopic (exact) mass is 330 g/mol. The van der Waals surface area contributed by atoms with Gasteiger partial charge in [0, 0.05) is 36.2 Å². The summed E-state index contributed by atoms with van der Waals surface area (Å²) in [4.78, 5) is 17.7. The van der Waals surface area contributed by atoms with Crippen LogP contribution in [0.5, 0.6) is 0 Å². The van der Waals surface area contributed by atoms with Gasteiger partial charge < -0.3 is 9.88 Å². The van der Waals surface area contributed by atoms with E-state index in [1.165, 1.54) is 11.1 Å². The molecular formula is C19H23ClN2O. The number of H-pyrrole nitrogens is 1. The third-order valence-corrected chi connectivity index (χ3v) is 5.18. The van der Waals surface area contributed by atoms with Gasteiger partial charge in [-0.2, -0.15) is 0 Å². The van der Waals surface area contributed by atoms with Gasteiger partial charge in [-0.05, 0) is 30.9 Å². The van der Waals surface area contributed by atoms with Crippen LogP contribution in [0, 0.1) is 5.92 Å². The minimum Gasteiger partial charge on any atom is -0.359 e. The van der Waals surface area contributed by atoms with E-state index in [-0.39, 0.29) is 5.92 Å². The molecule has 0 radical (unpaired) electrons. The van der Waals surface area contributed by atoms with Gasteiger partial charge in [0.25, 0.3) is 0 Å². The Hall–Kier alpha value is -1.74. The topological polar surface area (TPSA) is 36.1 Å². The second-order valence-electron chi connectivity index (χ2n) is 6.14. The van der Waals surface area contributed by atoms with Crippen LogP contribution in [0.4, 0.5) is 0 Å². The van der Waals surface area contributed by atoms with E-state index in [1.54, 1.807) is 0 Å². The van der Waals surface area contributed by atoms with Crippen LogP contribution in [-0.2, 0) is 4.79 Å². The largest absolute Gasteiger partial charge is 0.359 e. The van der Waals surface area contributed by atoms with Crippen molar-refractivity contribution < 1.29 is 4.79 Å². The molecule has 1 aromatic carbocycles. The van der Waals surface area contributed by atoms with Crippen LogP contribution >= 0.6 is 11.6 Å². The molecule has 0 fully saturated rings. The molecule has 2 aromatic rings. The molecule has 3 nitrogen and oxygen atoms in total. The van der Waals surface area contributed by atoms with E-state index in [4.69, 9.17) is 11.6 Å². The van der Waals surface area contributed by atoms with Gasteiger partial charge in [-0.3, -0.25) is 4.79 Å². The van der Waals surface area contributed by atoms with Crippen molar-refractivity contribution in [3.05, 3.63) is 41.1 Å². The molecule has 1 amide bonds. The SMILES string of the molecule is CCC(CC)C(=O)N1CC=C(c2c[nH]c3c(Cl)cccc23)CC1. The molecule has 4 heteroatoms. The molecule has 1 aliphatic heterocycles. The van der Waals surface area contributed by atoms with E-state index in [0.29, 0.717) is 12.5 Å². The zero-order valence-electron chi connectivity index (χ0n) is 13.7. The minimum absolute atomic E-state index is 0.164. The fraction of sp³-hybridized carbons (Fsp3) is 0.421. The fourth-order valence-electron chi connectivity index (χ4n) is 3.39. The number of aromatic nitrogens is 1. The predicted molar refractivity (Wildman–Crippen MR) is 96.6 cm³/mol. The van der Waals surface area contributed by atoms with Crippen molar-refractivity contribution in [2.75, 3.05) is 13.1 Å². The maximum Gasteiger partial charge on any atom is 0.225 e. The number of halogens is 1. The number of benzene rings is 1. The van der Waals surface area contributed by atoms with Crippen LogP contribution in [0.25, 0.3) is 16.5 Å². The predicted octanol–water partition coefficient (Wildman–Crippen LogP) is 4.87.